The minimum Gasteiger partial charge on any atom is -0.494 e. The summed E-state index contributed by atoms with van der Waals surface area (Å²) in [5, 5.41) is 6.05. The molecule has 2 atom stereocenters. The zero-order valence-electron chi connectivity index (χ0n) is 14.3. The molecule has 132 valence electrons. The number of rotatable bonds is 8. The van der Waals surface area contributed by atoms with Gasteiger partial charge >= 0.3 is 5.97 Å². The molecule has 0 aromatic heterocycles. The normalized spacial score (nSPS) is 18.0. The zero-order valence-corrected chi connectivity index (χ0v) is 14.3. The molecule has 0 spiro atoms. The molecule has 0 radical (unpaired) electrons. The minimum absolute atomic E-state index is 0.000553. The van der Waals surface area contributed by atoms with Crippen LogP contribution in [0.25, 0.3) is 0 Å². The summed E-state index contributed by atoms with van der Waals surface area (Å²) in [7, 11) is 1.37. The Hall–Kier alpha value is -2.08. The van der Waals surface area contributed by atoms with Gasteiger partial charge in [0.05, 0.1) is 25.6 Å². The summed E-state index contributed by atoms with van der Waals surface area (Å²) < 4.78 is 10.3. The van der Waals surface area contributed by atoms with E-state index in [2.05, 4.69) is 10.6 Å². The van der Waals surface area contributed by atoms with E-state index < -0.39 is 5.92 Å². The third kappa shape index (κ3) is 5.23. The van der Waals surface area contributed by atoms with Crippen molar-refractivity contribution >= 4 is 11.9 Å². The highest BCUT2D eigenvalue weighted by Crippen LogP contribution is 2.16. The van der Waals surface area contributed by atoms with Crippen molar-refractivity contribution < 1.29 is 19.1 Å². The predicted octanol–water partition coefficient (Wildman–Crippen LogP) is 1.14. The third-order valence-electron chi connectivity index (χ3n) is 4.20. The van der Waals surface area contributed by atoms with E-state index in [1.807, 2.05) is 31.2 Å². The summed E-state index contributed by atoms with van der Waals surface area (Å²) >= 11 is 0. The lowest BCUT2D eigenvalue weighted by molar-refractivity contribution is -0.145. The molecule has 2 unspecified atom stereocenters. The van der Waals surface area contributed by atoms with Gasteiger partial charge in [-0.25, -0.2) is 0 Å². The summed E-state index contributed by atoms with van der Waals surface area (Å²) in [4.78, 5) is 24.1. The van der Waals surface area contributed by atoms with Crippen LogP contribution < -0.4 is 15.4 Å². The van der Waals surface area contributed by atoms with Gasteiger partial charge in [0.15, 0.2) is 0 Å². The Morgan fingerprint density at radius 2 is 2.08 bits per heavy atom. The number of nitrogens with one attached hydrogen (secondary N) is 2. The summed E-state index contributed by atoms with van der Waals surface area (Å²) in [5.41, 5.74) is 1.01. The Morgan fingerprint density at radius 3 is 2.67 bits per heavy atom. The van der Waals surface area contributed by atoms with Crippen molar-refractivity contribution in [3.63, 3.8) is 0 Å². The van der Waals surface area contributed by atoms with E-state index in [0.717, 1.165) is 24.3 Å². The molecule has 0 bridgehead atoms. The third-order valence-corrected chi connectivity index (χ3v) is 4.20. The highest BCUT2D eigenvalue weighted by Gasteiger charge is 2.25. The standard InChI is InChI=1S/C18H26N2O4/c1-3-24-16-6-4-13(5-7-16)10-15(18(22)23-2)12-20-17(21)14-8-9-19-11-14/h4-7,14-15,19H,3,8-12H2,1-2H3,(H,20,21). The molecule has 1 aromatic rings. The van der Waals surface area contributed by atoms with Crippen molar-refractivity contribution in [3.8, 4) is 5.75 Å². The molecule has 0 aliphatic carbocycles. The Labute approximate surface area is 142 Å². The SMILES string of the molecule is CCOc1ccc(CC(CNC(=O)C2CCNC2)C(=O)OC)cc1. The van der Waals surface area contributed by atoms with Crippen LogP contribution in [0.4, 0.5) is 0 Å². The van der Waals surface area contributed by atoms with Crippen LogP contribution in [-0.4, -0.2) is 45.2 Å². The number of carbonyl (C=O) groups is 2. The zero-order chi connectivity index (χ0) is 17.4. The lowest BCUT2D eigenvalue weighted by Crippen LogP contribution is -2.38. The van der Waals surface area contributed by atoms with Crippen LogP contribution in [0, 0.1) is 11.8 Å². The molecule has 6 nitrogen and oxygen atoms in total. The molecule has 0 saturated carbocycles. The first kappa shape index (κ1) is 18.3. The first-order valence-corrected chi connectivity index (χ1v) is 8.42. The van der Waals surface area contributed by atoms with Crippen LogP contribution in [0.5, 0.6) is 5.75 Å². The van der Waals surface area contributed by atoms with E-state index in [-0.39, 0.29) is 24.3 Å². The first-order chi connectivity index (χ1) is 11.6. The molecule has 1 saturated heterocycles. The number of hydrogen-bond acceptors (Lipinski definition) is 5. The largest absolute Gasteiger partial charge is 0.494 e. The molecular formula is C18H26N2O4. The van der Waals surface area contributed by atoms with Gasteiger partial charge in [-0.1, -0.05) is 12.1 Å². The second-order valence-corrected chi connectivity index (χ2v) is 5.94. The summed E-state index contributed by atoms with van der Waals surface area (Å²) in [6, 6.07) is 7.64. The molecule has 1 heterocycles. The van der Waals surface area contributed by atoms with Gasteiger partial charge in [-0.3, -0.25) is 9.59 Å². The quantitative estimate of drug-likeness (QED) is 0.697. The molecule has 1 aliphatic rings. The second-order valence-electron chi connectivity index (χ2n) is 5.94. The fourth-order valence-electron chi connectivity index (χ4n) is 2.83. The van der Waals surface area contributed by atoms with Crippen LogP contribution in [-0.2, 0) is 20.7 Å². The van der Waals surface area contributed by atoms with E-state index in [9.17, 15) is 9.59 Å². The van der Waals surface area contributed by atoms with Gasteiger partial charge in [-0.15, -0.1) is 0 Å². The molecule has 1 amide bonds. The van der Waals surface area contributed by atoms with Gasteiger partial charge in [0.1, 0.15) is 5.75 Å². The van der Waals surface area contributed by atoms with Crippen LogP contribution in [0.3, 0.4) is 0 Å². The fraction of sp³-hybridized carbons (Fsp3) is 0.556. The lowest BCUT2D eigenvalue weighted by Gasteiger charge is -2.17. The molecule has 6 heteroatoms. The Morgan fingerprint density at radius 1 is 1.33 bits per heavy atom. The average molecular weight is 334 g/mol. The van der Waals surface area contributed by atoms with Gasteiger partial charge in [0, 0.05) is 13.1 Å². The van der Waals surface area contributed by atoms with Crippen molar-refractivity contribution in [3.05, 3.63) is 29.8 Å². The summed E-state index contributed by atoms with van der Waals surface area (Å²) in [6.45, 7) is 4.41. The number of methoxy groups -OCH3 is 1. The van der Waals surface area contributed by atoms with E-state index in [0.29, 0.717) is 19.6 Å². The highest BCUT2D eigenvalue weighted by molar-refractivity contribution is 5.80. The molecule has 1 aliphatic heterocycles. The topological polar surface area (TPSA) is 76.7 Å². The van der Waals surface area contributed by atoms with Crippen molar-refractivity contribution in [1.29, 1.82) is 0 Å². The second kappa shape index (κ2) is 9.27. The molecule has 24 heavy (non-hydrogen) atoms. The molecule has 1 fully saturated rings. The maximum absolute atomic E-state index is 12.1. The molecular weight excluding hydrogens is 308 g/mol. The van der Waals surface area contributed by atoms with Gasteiger partial charge < -0.3 is 20.1 Å². The van der Waals surface area contributed by atoms with Crippen molar-refractivity contribution in [2.75, 3.05) is 33.4 Å². The molecule has 2 rings (SSSR count). The number of benzene rings is 1. The van der Waals surface area contributed by atoms with Crippen molar-refractivity contribution in [2.45, 2.75) is 19.8 Å². The minimum atomic E-state index is -0.397. The monoisotopic (exact) mass is 334 g/mol. The fourth-order valence-corrected chi connectivity index (χ4v) is 2.83. The van der Waals surface area contributed by atoms with E-state index >= 15 is 0 Å². The highest BCUT2D eigenvalue weighted by atomic mass is 16.5. The van der Waals surface area contributed by atoms with E-state index in [4.69, 9.17) is 9.47 Å². The van der Waals surface area contributed by atoms with Crippen LogP contribution >= 0.6 is 0 Å². The first-order valence-electron chi connectivity index (χ1n) is 8.42. The Bertz CT molecular complexity index is 538. The van der Waals surface area contributed by atoms with Gasteiger partial charge in [0.25, 0.3) is 0 Å². The van der Waals surface area contributed by atoms with Crippen LogP contribution in [0.15, 0.2) is 24.3 Å². The number of amides is 1. The van der Waals surface area contributed by atoms with Gasteiger partial charge in [-0.2, -0.15) is 0 Å². The number of esters is 1. The smallest absolute Gasteiger partial charge is 0.310 e. The Kier molecular flexibility index (Phi) is 7.06. The summed E-state index contributed by atoms with van der Waals surface area (Å²) in [6.07, 6.45) is 1.36. The predicted molar refractivity (Wildman–Crippen MR) is 90.8 cm³/mol. The molecule has 1 aromatic carbocycles. The van der Waals surface area contributed by atoms with Crippen LogP contribution in [0.2, 0.25) is 0 Å². The van der Waals surface area contributed by atoms with Crippen molar-refractivity contribution in [1.82, 2.24) is 10.6 Å². The van der Waals surface area contributed by atoms with E-state index in [1.165, 1.54) is 7.11 Å². The van der Waals surface area contributed by atoms with Crippen molar-refractivity contribution in [2.24, 2.45) is 11.8 Å². The number of carbonyl (C=O) groups excluding carboxylic acids is 2. The van der Waals surface area contributed by atoms with Gasteiger partial charge in [0.2, 0.25) is 5.91 Å². The maximum atomic E-state index is 12.1. The molecule has 2 N–H and O–H groups in total. The number of ether oxygens (including phenoxy) is 2. The maximum Gasteiger partial charge on any atom is 0.310 e. The lowest BCUT2D eigenvalue weighted by atomic mass is 9.98. The Balaban J connectivity index is 1.92. The summed E-state index contributed by atoms with van der Waals surface area (Å²) in [5.74, 6) is 0.0901. The number of hydrogen-bond donors (Lipinski definition) is 2. The van der Waals surface area contributed by atoms with Gasteiger partial charge in [-0.05, 0) is 44.0 Å². The van der Waals surface area contributed by atoms with Crippen LogP contribution in [0.1, 0.15) is 18.9 Å². The average Bonchev–Trinajstić information content (AvgIpc) is 3.14. The van der Waals surface area contributed by atoms with E-state index in [1.54, 1.807) is 0 Å².